The predicted molar refractivity (Wildman–Crippen MR) is 144 cm³/mol. The van der Waals surface area contributed by atoms with Crippen molar-refractivity contribution in [2.75, 3.05) is 26.4 Å². The number of hydrogen-bond donors (Lipinski definition) is 0. The second-order valence-corrected chi connectivity index (χ2v) is 13.2. The standard InChI is InChI=1S/C32H42O5/c1-19-11-23(36-27-9-7-21(13-25(19)27)29-31(3,4)17-34-29)15-33-16-24-12-20(2)26-14-22(8-10-28(26)37-24)30-32(5,6)18-35-30/h7-10,13-14,19-20,23-24,29-30H,11-12,15-18H2,1-6H3. The third-order valence-corrected chi connectivity index (χ3v) is 8.83. The normalized spacial score (nSPS) is 33.1. The zero-order valence-electron chi connectivity index (χ0n) is 23.2. The van der Waals surface area contributed by atoms with Crippen molar-refractivity contribution in [1.29, 1.82) is 0 Å². The molecule has 200 valence electrons. The van der Waals surface area contributed by atoms with Crippen LogP contribution in [0.4, 0.5) is 0 Å². The smallest absolute Gasteiger partial charge is 0.123 e. The van der Waals surface area contributed by atoms with Gasteiger partial charge in [-0.15, -0.1) is 0 Å². The van der Waals surface area contributed by atoms with E-state index in [1.165, 1.54) is 22.3 Å². The van der Waals surface area contributed by atoms with E-state index in [2.05, 4.69) is 77.9 Å². The third-order valence-electron chi connectivity index (χ3n) is 8.83. The molecule has 0 saturated carbocycles. The molecular formula is C32H42O5. The molecule has 4 aliphatic heterocycles. The Labute approximate surface area is 221 Å². The second-order valence-electron chi connectivity index (χ2n) is 13.2. The van der Waals surface area contributed by atoms with Crippen molar-refractivity contribution >= 4 is 0 Å². The molecule has 2 aromatic carbocycles. The van der Waals surface area contributed by atoms with Gasteiger partial charge >= 0.3 is 0 Å². The van der Waals surface area contributed by atoms with Gasteiger partial charge in [-0.1, -0.05) is 53.7 Å². The minimum atomic E-state index is 0.0615. The molecule has 6 atom stereocenters. The monoisotopic (exact) mass is 506 g/mol. The number of benzene rings is 2. The van der Waals surface area contributed by atoms with Gasteiger partial charge in [0.05, 0.1) is 38.6 Å². The lowest BCUT2D eigenvalue weighted by Crippen LogP contribution is -2.40. The van der Waals surface area contributed by atoms with Gasteiger partial charge in [0.1, 0.15) is 23.7 Å². The summed E-state index contributed by atoms with van der Waals surface area (Å²) in [7, 11) is 0. The summed E-state index contributed by atoms with van der Waals surface area (Å²) in [6, 6.07) is 13.2. The van der Waals surface area contributed by atoms with E-state index in [-0.39, 0.29) is 35.2 Å². The second kappa shape index (κ2) is 9.29. The number of ether oxygens (including phenoxy) is 5. The lowest BCUT2D eigenvalue weighted by atomic mass is 9.77. The van der Waals surface area contributed by atoms with Crippen LogP contribution in [-0.4, -0.2) is 38.6 Å². The van der Waals surface area contributed by atoms with Gasteiger partial charge in [0, 0.05) is 10.8 Å². The largest absolute Gasteiger partial charge is 0.488 e. The third kappa shape index (κ3) is 4.68. The highest BCUT2D eigenvalue weighted by molar-refractivity contribution is 5.44. The van der Waals surface area contributed by atoms with Gasteiger partial charge in [-0.2, -0.15) is 0 Å². The molecule has 2 aromatic rings. The lowest BCUT2D eigenvalue weighted by Gasteiger charge is -2.45. The minimum Gasteiger partial charge on any atom is -0.488 e. The summed E-state index contributed by atoms with van der Waals surface area (Å²) in [4.78, 5) is 0. The number of rotatable bonds is 6. The van der Waals surface area contributed by atoms with Crippen molar-refractivity contribution in [1.82, 2.24) is 0 Å². The average Bonchev–Trinajstić information content (AvgIpc) is 2.83. The Kier molecular flexibility index (Phi) is 6.33. The van der Waals surface area contributed by atoms with Crippen LogP contribution in [-0.2, 0) is 14.2 Å². The summed E-state index contributed by atoms with van der Waals surface area (Å²) in [5, 5.41) is 0. The lowest BCUT2D eigenvalue weighted by molar-refractivity contribution is -0.172. The van der Waals surface area contributed by atoms with Crippen LogP contribution >= 0.6 is 0 Å². The fourth-order valence-corrected chi connectivity index (χ4v) is 6.57. The summed E-state index contributed by atoms with van der Waals surface area (Å²) in [6.45, 7) is 16.5. The van der Waals surface area contributed by atoms with Crippen LogP contribution in [0.15, 0.2) is 36.4 Å². The van der Waals surface area contributed by atoms with Crippen LogP contribution in [0, 0.1) is 10.8 Å². The average molecular weight is 507 g/mol. The molecule has 0 amide bonds. The zero-order valence-corrected chi connectivity index (χ0v) is 23.2. The van der Waals surface area contributed by atoms with E-state index in [0.29, 0.717) is 25.0 Å². The van der Waals surface area contributed by atoms with Crippen molar-refractivity contribution < 1.29 is 23.7 Å². The van der Waals surface area contributed by atoms with Gasteiger partial charge in [0.25, 0.3) is 0 Å². The highest BCUT2D eigenvalue weighted by Gasteiger charge is 2.43. The van der Waals surface area contributed by atoms with Crippen molar-refractivity contribution in [3.63, 3.8) is 0 Å². The summed E-state index contributed by atoms with van der Waals surface area (Å²) in [5.74, 6) is 2.83. The molecule has 0 spiro atoms. The Morgan fingerprint density at radius 2 is 1.14 bits per heavy atom. The first-order chi connectivity index (χ1) is 17.6. The van der Waals surface area contributed by atoms with Gasteiger partial charge < -0.3 is 23.7 Å². The van der Waals surface area contributed by atoms with Crippen LogP contribution in [0.2, 0.25) is 0 Å². The first kappa shape index (κ1) is 25.2. The van der Waals surface area contributed by atoms with Crippen LogP contribution in [0.5, 0.6) is 11.5 Å². The van der Waals surface area contributed by atoms with Crippen molar-refractivity contribution in [2.24, 2.45) is 10.8 Å². The van der Waals surface area contributed by atoms with E-state index in [0.717, 1.165) is 37.6 Å². The molecule has 4 aliphatic rings. The Bertz CT molecular complexity index is 1060. The quantitative estimate of drug-likeness (QED) is 0.418. The molecule has 6 unspecified atom stereocenters. The molecule has 37 heavy (non-hydrogen) atoms. The van der Waals surface area contributed by atoms with E-state index < -0.39 is 0 Å². The molecule has 0 aromatic heterocycles. The van der Waals surface area contributed by atoms with Crippen LogP contribution in [0.25, 0.3) is 0 Å². The zero-order chi connectivity index (χ0) is 25.9. The molecule has 5 nitrogen and oxygen atoms in total. The van der Waals surface area contributed by atoms with Gasteiger partial charge in [0.2, 0.25) is 0 Å². The molecule has 0 bridgehead atoms. The van der Waals surface area contributed by atoms with Crippen LogP contribution < -0.4 is 9.47 Å². The Hall–Kier alpha value is -2.08. The Morgan fingerprint density at radius 3 is 1.49 bits per heavy atom. The van der Waals surface area contributed by atoms with Crippen LogP contribution in [0.1, 0.15) is 101 Å². The predicted octanol–water partition coefficient (Wildman–Crippen LogP) is 7.11. The van der Waals surface area contributed by atoms with Crippen molar-refractivity contribution in [3.8, 4) is 11.5 Å². The van der Waals surface area contributed by atoms with Gasteiger partial charge in [0.15, 0.2) is 0 Å². The SMILES string of the molecule is CC1CC(COCC2CC(C)c3cc(C4OCC4(C)C)ccc3O2)Oc2ccc(C3OCC3(C)C)cc21. The Balaban J connectivity index is 1.03. The summed E-state index contributed by atoms with van der Waals surface area (Å²) >= 11 is 0. The molecule has 6 rings (SSSR count). The molecule has 2 fully saturated rings. The van der Waals surface area contributed by atoms with Gasteiger partial charge in [-0.25, -0.2) is 0 Å². The van der Waals surface area contributed by atoms with E-state index in [4.69, 9.17) is 23.7 Å². The summed E-state index contributed by atoms with van der Waals surface area (Å²) in [5.41, 5.74) is 5.51. The molecule has 2 saturated heterocycles. The summed E-state index contributed by atoms with van der Waals surface area (Å²) < 4.78 is 30.6. The maximum absolute atomic E-state index is 6.36. The fourth-order valence-electron chi connectivity index (χ4n) is 6.57. The molecule has 0 aliphatic carbocycles. The maximum atomic E-state index is 6.36. The first-order valence-corrected chi connectivity index (χ1v) is 14.0. The van der Waals surface area contributed by atoms with E-state index in [9.17, 15) is 0 Å². The first-order valence-electron chi connectivity index (χ1n) is 14.0. The highest BCUT2D eigenvalue weighted by atomic mass is 16.6. The Morgan fingerprint density at radius 1 is 0.703 bits per heavy atom. The van der Waals surface area contributed by atoms with Crippen LogP contribution in [0.3, 0.4) is 0 Å². The van der Waals surface area contributed by atoms with E-state index in [1.807, 2.05) is 0 Å². The molecule has 0 radical (unpaired) electrons. The molecular weight excluding hydrogens is 464 g/mol. The van der Waals surface area contributed by atoms with E-state index >= 15 is 0 Å². The number of fused-ring (bicyclic) bond motifs is 2. The van der Waals surface area contributed by atoms with Gasteiger partial charge in [-0.05, 0) is 71.2 Å². The molecule has 5 heteroatoms. The van der Waals surface area contributed by atoms with Crippen molar-refractivity contribution in [3.05, 3.63) is 58.7 Å². The van der Waals surface area contributed by atoms with E-state index in [1.54, 1.807) is 0 Å². The summed E-state index contributed by atoms with van der Waals surface area (Å²) in [6.07, 6.45) is 2.40. The maximum Gasteiger partial charge on any atom is 0.123 e. The number of hydrogen-bond acceptors (Lipinski definition) is 5. The fraction of sp³-hybridized carbons (Fsp3) is 0.625. The minimum absolute atomic E-state index is 0.0615. The molecule has 0 N–H and O–H groups in total. The topological polar surface area (TPSA) is 46.2 Å². The molecule has 4 heterocycles. The highest BCUT2D eigenvalue weighted by Crippen LogP contribution is 2.49. The van der Waals surface area contributed by atoms with Gasteiger partial charge in [-0.3, -0.25) is 0 Å². The van der Waals surface area contributed by atoms with Crippen molar-refractivity contribution in [2.45, 2.75) is 90.6 Å².